The van der Waals surface area contributed by atoms with E-state index in [4.69, 9.17) is 9.26 Å². The number of aliphatic hydroxyl groups is 3. The first-order chi connectivity index (χ1) is 14.9. The first-order valence-corrected chi connectivity index (χ1v) is 11.4. The minimum Gasteiger partial charge on any atom is -0.388 e. The van der Waals surface area contributed by atoms with Gasteiger partial charge in [0.25, 0.3) is 5.56 Å². The predicted molar refractivity (Wildman–Crippen MR) is 108 cm³/mol. The largest absolute Gasteiger partial charge is 0.388 e. The van der Waals surface area contributed by atoms with Crippen molar-refractivity contribution in [3.63, 3.8) is 0 Å². The van der Waals surface area contributed by atoms with E-state index in [-0.39, 0.29) is 18.7 Å². The van der Waals surface area contributed by atoms with Gasteiger partial charge in [0, 0.05) is 12.6 Å². The third kappa shape index (κ3) is 5.23. The zero-order chi connectivity index (χ0) is 23.8. The van der Waals surface area contributed by atoms with E-state index in [0.717, 1.165) is 11.5 Å². The van der Waals surface area contributed by atoms with Gasteiger partial charge in [0.15, 0.2) is 5.85 Å². The van der Waals surface area contributed by atoms with Gasteiger partial charge >= 0.3 is 13.3 Å². The molecule has 2 aromatic heterocycles. The number of aromatic amines is 1. The molecule has 178 valence electrons. The lowest BCUT2D eigenvalue weighted by molar-refractivity contribution is -0.0167. The molecule has 0 bridgehead atoms. The van der Waals surface area contributed by atoms with Crippen molar-refractivity contribution in [2.45, 2.75) is 70.2 Å². The van der Waals surface area contributed by atoms with Crippen LogP contribution in [-0.4, -0.2) is 75.0 Å². The number of hydrogen-bond acceptors (Lipinski definition) is 10. The van der Waals surface area contributed by atoms with Gasteiger partial charge < -0.3 is 29.5 Å². The van der Waals surface area contributed by atoms with Crippen LogP contribution in [0.3, 0.4) is 0 Å². The van der Waals surface area contributed by atoms with Gasteiger partial charge in [0.2, 0.25) is 0 Å². The molecule has 2 aromatic rings. The molecular weight excluding hydrogens is 449 g/mol. The topological polar surface area (TPSA) is 202 Å². The highest BCUT2D eigenvalue weighted by Gasteiger charge is 2.45. The Labute approximate surface area is 181 Å². The first-order valence-electron chi connectivity index (χ1n) is 9.80. The highest BCUT2D eigenvalue weighted by Crippen LogP contribution is 2.48. The van der Waals surface area contributed by atoms with Gasteiger partial charge in [-0.05, 0) is 20.8 Å². The average molecular weight is 475 g/mol. The summed E-state index contributed by atoms with van der Waals surface area (Å²) in [4.78, 5) is 36.3. The molecule has 32 heavy (non-hydrogen) atoms. The first kappa shape index (κ1) is 24.5. The van der Waals surface area contributed by atoms with Crippen LogP contribution in [0.4, 0.5) is 0 Å². The molecule has 5 unspecified atom stereocenters. The van der Waals surface area contributed by atoms with Gasteiger partial charge in [0.05, 0.1) is 29.7 Å². The average Bonchev–Trinajstić information content (AvgIpc) is 3.21. The summed E-state index contributed by atoms with van der Waals surface area (Å²) in [7, 11) is -4.29. The number of aliphatic hydroxyl groups excluding tert-OH is 3. The standard InChI is InChI=1S/C17H26N5O9P/c1-8-5-22(20-19-8)7-21-6-11(16(26)18-17(21)27)15-14(25)13(24)12(30-15)4-9(2)31-32(28,29)10(3)23/h5-6,9-10,12-15,23-25H,4,7H2,1-3H3,(H,28,29)(H,18,26,27)/t9?,10?,12-,13?,14?,15+/m1/s1. The Morgan fingerprint density at radius 3 is 2.56 bits per heavy atom. The van der Waals surface area contributed by atoms with E-state index in [1.54, 1.807) is 13.1 Å². The van der Waals surface area contributed by atoms with Crippen molar-refractivity contribution in [3.05, 3.63) is 44.5 Å². The van der Waals surface area contributed by atoms with Gasteiger partial charge in [0.1, 0.15) is 25.0 Å². The number of ether oxygens (including phenoxy) is 1. The van der Waals surface area contributed by atoms with Gasteiger partial charge in [-0.15, -0.1) is 5.10 Å². The van der Waals surface area contributed by atoms with Crippen molar-refractivity contribution < 1.29 is 34.0 Å². The molecule has 5 N–H and O–H groups in total. The molecule has 0 spiro atoms. The molecule has 0 aromatic carbocycles. The number of aromatic nitrogens is 5. The van der Waals surface area contributed by atoms with E-state index in [0.29, 0.717) is 5.69 Å². The van der Waals surface area contributed by atoms with Crippen LogP contribution >= 0.6 is 7.60 Å². The second-order valence-corrected chi connectivity index (χ2v) is 9.86. The van der Waals surface area contributed by atoms with E-state index in [1.165, 1.54) is 17.8 Å². The quantitative estimate of drug-likeness (QED) is 0.276. The number of hydrogen-bond donors (Lipinski definition) is 5. The highest BCUT2D eigenvalue weighted by atomic mass is 31.2. The van der Waals surface area contributed by atoms with Crippen LogP contribution in [0.1, 0.15) is 37.6 Å². The maximum absolute atomic E-state index is 12.4. The van der Waals surface area contributed by atoms with Crippen LogP contribution < -0.4 is 11.2 Å². The maximum Gasteiger partial charge on any atom is 0.356 e. The Balaban J connectivity index is 1.79. The fraction of sp³-hybridized carbons (Fsp3) is 0.647. The second kappa shape index (κ2) is 9.35. The number of nitrogens with one attached hydrogen (secondary N) is 1. The van der Waals surface area contributed by atoms with Crippen molar-refractivity contribution in [3.8, 4) is 0 Å². The third-order valence-corrected chi connectivity index (χ3v) is 6.63. The summed E-state index contributed by atoms with van der Waals surface area (Å²) in [6, 6.07) is 0. The smallest absolute Gasteiger partial charge is 0.356 e. The summed E-state index contributed by atoms with van der Waals surface area (Å²) in [5.41, 5.74) is -0.977. The van der Waals surface area contributed by atoms with Crippen LogP contribution in [0.2, 0.25) is 0 Å². The third-order valence-electron chi connectivity index (χ3n) is 5.03. The van der Waals surface area contributed by atoms with E-state index in [2.05, 4.69) is 15.3 Å². The van der Waals surface area contributed by atoms with E-state index in [1.807, 2.05) is 0 Å². The Hall–Kier alpha value is -2.19. The van der Waals surface area contributed by atoms with Gasteiger partial charge in [-0.3, -0.25) is 18.9 Å². The van der Waals surface area contributed by atoms with E-state index < -0.39 is 55.2 Å². The normalized spacial score (nSPS) is 27.2. The number of nitrogens with zero attached hydrogens (tertiary/aromatic N) is 4. The Morgan fingerprint density at radius 1 is 1.28 bits per heavy atom. The molecule has 0 aliphatic carbocycles. The Bertz CT molecular complexity index is 1110. The molecule has 7 atom stereocenters. The van der Waals surface area contributed by atoms with Crippen molar-refractivity contribution in [2.75, 3.05) is 0 Å². The summed E-state index contributed by atoms with van der Waals surface area (Å²) in [5, 5.41) is 37.8. The lowest BCUT2D eigenvalue weighted by Gasteiger charge is -2.23. The number of rotatable bonds is 8. The highest BCUT2D eigenvalue weighted by molar-refractivity contribution is 7.53. The lowest BCUT2D eigenvalue weighted by atomic mass is 10.0. The molecule has 1 aliphatic rings. The molecule has 15 heteroatoms. The van der Waals surface area contributed by atoms with Crippen LogP contribution in [0.25, 0.3) is 0 Å². The molecule has 1 saturated heterocycles. The molecule has 0 radical (unpaired) electrons. The van der Waals surface area contributed by atoms with Crippen LogP contribution in [0.5, 0.6) is 0 Å². The fourth-order valence-corrected chi connectivity index (χ4v) is 4.15. The van der Waals surface area contributed by atoms with E-state index >= 15 is 0 Å². The SMILES string of the molecule is Cc1cn(Cn2cc([C@@H]3O[C@H](CC(C)OP(=O)(O)C(C)O)C(O)C3O)c(=O)[nH]c2=O)nn1. The van der Waals surface area contributed by atoms with Crippen molar-refractivity contribution in [1.82, 2.24) is 24.5 Å². The molecule has 0 amide bonds. The zero-order valence-corrected chi connectivity index (χ0v) is 18.5. The number of aryl methyl sites for hydroxylation is 1. The molecule has 1 aliphatic heterocycles. The molecule has 1 fully saturated rings. The minimum atomic E-state index is -4.29. The maximum atomic E-state index is 12.4. The zero-order valence-electron chi connectivity index (χ0n) is 17.6. The molecule has 0 saturated carbocycles. The molecule has 3 rings (SSSR count). The fourth-order valence-electron chi connectivity index (χ4n) is 3.37. The second-order valence-electron chi connectivity index (χ2n) is 7.78. The summed E-state index contributed by atoms with van der Waals surface area (Å²) >= 11 is 0. The van der Waals surface area contributed by atoms with Gasteiger partial charge in [-0.1, -0.05) is 5.21 Å². The monoisotopic (exact) mass is 475 g/mol. The summed E-state index contributed by atoms with van der Waals surface area (Å²) in [6.45, 7) is 4.20. The number of H-pyrrole nitrogens is 1. The lowest BCUT2D eigenvalue weighted by Crippen LogP contribution is -2.36. The van der Waals surface area contributed by atoms with Gasteiger partial charge in [-0.25, -0.2) is 9.48 Å². The molecular formula is C17H26N5O9P. The minimum absolute atomic E-state index is 0.0613. The molecule has 3 heterocycles. The Kier molecular flexibility index (Phi) is 7.15. The van der Waals surface area contributed by atoms with Gasteiger partial charge in [-0.2, -0.15) is 0 Å². The van der Waals surface area contributed by atoms with Crippen molar-refractivity contribution in [2.24, 2.45) is 0 Å². The summed E-state index contributed by atoms with van der Waals surface area (Å²) in [6.07, 6.45) is -3.50. The van der Waals surface area contributed by atoms with Crippen molar-refractivity contribution >= 4 is 7.60 Å². The summed E-state index contributed by atoms with van der Waals surface area (Å²) < 4.78 is 25.0. The summed E-state index contributed by atoms with van der Waals surface area (Å²) in [5.74, 6) is -1.61. The van der Waals surface area contributed by atoms with Crippen LogP contribution in [-0.2, 0) is 20.5 Å². The van der Waals surface area contributed by atoms with Crippen LogP contribution in [0.15, 0.2) is 22.0 Å². The Morgan fingerprint density at radius 2 is 1.97 bits per heavy atom. The van der Waals surface area contributed by atoms with Crippen LogP contribution in [0, 0.1) is 6.92 Å². The van der Waals surface area contributed by atoms with E-state index in [9.17, 15) is 34.4 Å². The van der Waals surface area contributed by atoms with Crippen molar-refractivity contribution in [1.29, 1.82) is 0 Å². The predicted octanol–water partition coefficient (Wildman–Crippen LogP) is -1.58. The molecule has 14 nitrogen and oxygen atoms in total.